The summed E-state index contributed by atoms with van der Waals surface area (Å²) in [5.41, 5.74) is 4.32. The van der Waals surface area contributed by atoms with Crippen LogP contribution in [0.5, 0.6) is 5.75 Å². The molecule has 1 aliphatic rings. The van der Waals surface area contributed by atoms with Gasteiger partial charge in [-0.3, -0.25) is 4.79 Å². The molecule has 0 spiro atoms. The Balaban J connectivity index is 1.16. The normalized spacial score (nSPS) is 17.4. The summed E-state index contributed by atoms with van der Waals surface area (Å²) >= 11 is 4.41. The van der Waals surface area contributed by atoms with Crippen LogP contribution < -0.4 is 20.9 Å². The average molecular weight is 554 g/mol. The van der Waals surface area contributed by atoms with Crippen molar-refractivity contribution in [1.82, 2.24) is 10.3 Å². The van der Waals surface area contributed by atoms with Crippen molar-refractivity contribution < 1.29 is 9.84 Å². The number of anilines is 1. The Morgan fingerprint density at radius 1 is 1.07 bits per heavy atom. The molecular formula is C33H35N3O3S. The number of aliphatic hydroxyl groups excluding tert-OH is 1. The quantitative estimate of drug-likeness (QED) is 0.110. The minimum Gasteiger partial charge on any atom is -0.487 e. The van der Waals surface area contributed by atoms with E-state index < -0.39 is 6.10 Å². The van der Waals surface area contributed by atoms with Crippen LogP contribution in [0.1, 0.15) is 37.0 Å². The largest absolute Gasteiger partial charge is 0.487 e. The van der Waals surface area contributed by atoms with E-state index >= 15 is 0 Å². The Morgan fingerprint density at radius 2 is 1.93 bits per heavy atom. The van der Waals surface area contributed by atoms with Gasteiger partial charge in [0.15, 0.2) is 0 Å². The number of hydrogen-bond acceptors (Lipinski definition) is 6. The number of allylic oxidation sites excluding steroid dienone is 3. The summed E-state index contributed by atoms with van der Waals surface area (Å²) in [6.07, 6.45) is 7.76. The van der Waals surface area contributed by atoms with Crippen LogP contribution in [-0.2, 0) is 6.61 Å². The average Bonchev–Trinajstić information content (AvgIpc) is 2.96. The Morgan fingerprint density at radius 3 is 2.70 bits per heavy atom. The van der Waals surface area contributed by atoms with Crippen LogP contribution >= 0.6 is 12.6 Å². The van der Waals surface area contributed by atoms with E-state index in [-0.39, 0.29) is 11.0 Å². The highest BCUT2D eigenvalue weighted by Gasteiger charge is 2.23. The molecule has 0 bridgehead atoms. The Labute approximate surface area is 240 Å². The number of rotatable bonds is 11. The maximum absolute atomic E-state index is 12.1. The minimum atomic E-state index is -0.732. The van der Waals surface area contributed by atoms with Crippen molar-refractivity contribution >= 4 is 29.2 Å². The second-order valence-corrected chi connectivity index (χ2v) is 11.1. The molecule has 1 unspecified atom stereocenters. The fourth-order valence-electron chi connectivity index (χ4n) is 4.92. The number of H-pyrrole nitrogens is 1. The van der Waals surface area contributed by atoms with Crippen molar-refractivity contribution in [3.05, 3.63) is 124 Å². The van der Waals surface area contributed by atoms with Crippen LogP contribution in [0, 0.1) is 5.41 Å². The number of aromatic nitrogens is 1. The fraction of sp³-hybridized carbons (Fsp3) is 0.242. The van der Waals surface area contributed by atoms with E-state index in [9.17, 15) is 9.90 Å². The Kier molecular flexibility index (Phi) is 8.75. The number of benzene rings is 3. The predicted molar refractivity (Wildman–Crippen MR) is 165 cm³/mol. The highest BCUT2D eigenvalue weighted by Crippen LogP contribution is 2.33. The SMILES string of the molecule is CC1(CCNC[C@H](O)c2ccc(OCc3ccccc3)c3[nH]c(=O)ccc23)C=CC(Nc2cccc(S)c2)=CC1. The van der Waals surface area contributed by atoms with Crippen molar-refractivity contribution in [3.8, 4) is 5.75 Å². The molecule has 0 aliphatic heterocycles. The summed E-state index contributed by atoms with van der Waals surface area (Å²) in [5, 5.41) is 18.7. The summed E-state index contributed by atoms with van der Waals surface area (Å²) < 4.78 is 6.03. The zero-order valence-electron chi connectivity index (χ0n) is 22.6. The molecule has 7 heteroatoms. The fourth-order valence-corrected chi connectivity index (χ4v) is 5.14. The molecule has 1 aromatic heterocycles. The summed E-state index contributed by atoms with van der Waals surface area (Å²) in [6.45, 7) is 3.81. The molecule has 0 saturated carbocycles. The zero-order valence-corrected chi connectivity index (χ0v) is 23.5. The van der Waals surface area contributed by atoms with Crippen LogP contribution in [0.25, 0.3) is 10.9 Å². The maximum atomic E-state index is 12.1. The first kappa shape index (κ1) is 27.8. The van der Waals surface area contributed by atoms with Gasteiger partial charge >= 0.3 is 0 Å². The lowest BCUT2D eigenvalue weighted by molar-refractivity contribution is 0.174. The summed E-state index contributed by atoms with van der Waals surface area (Å²) in [6, 6.07) is 24.8. The van der Waals surface area contributed by atoms with E-state index in [1.54, 1.807) is 6.07 Å². The molecule has 3 aromatic carbocycles. The van der Waals surface area contributed by atoms with E-state index in [0.29, 0.717) is 24.4 Å². The molecule has 0 saturated heterocycles. The highest BCUT2D eigenvalue weighted by molar-refractivity contribution is 7.80. The lowest BCUT2D eigenvalue weighted by Gasteiger charge is -2.28. The number of nitrogens with one attached hydrogen (secondary N) is 3. The van der Waals surface area contributed by atoms with Crippen molar-refractivity contribution in [2.45, 2.75) is 37.4 Å². The van der Waals surface area contributed by atoms with Crippen molar-refractivity contribution in [3.63, 3.8) is 0 Å². The molecule has 4 aromatic rings. The van der Waals surface area contributed by atoms with E-state index in [4.69, 9.17) is 4.74 Å². The van der Waals surface area contributed by atoms with Crippen LogP contribution in [-0.4, -0.2) is 23.2 Å². The highest BCUT2D eigenvalue weighted by atomic mass is 32.1. The van der Waals surface area contributed by atoms with Gasteiger partial charge in [-0.2, -0.15) is 0 Å². The molecule has 0 amide bonds. The molecule has 4 N–H and O–H groups in total. The maximum Gasteiger partial charge on any atom is 0.248 e. The smallest absolute Gasteiger partial charge is 0.248 e. The molecular weight excluding hydrogens is 518 g/mol. The lowest BCUT2D eigenvalue weighted by Crippen LogP contribution is -2.27. The molecule has 5 rings (SSSR count). The van der Waals surface area contributed by atoms with Gasteiger partial charge in [0, 0.05) is 34.3 Å². The van der Waals surface area contributed by atoms with Gasteiger partial charge in [0.1, 0.15) is 12.4 Å². The molecule has 2 atom stereocenters. The molecule has 6 nitrogen and oxygen atoms in total. The molecule has 1 aliphatic carbocycles. The van der Waals surface area contributed by atoms with Crippen LogP contribution in [0.15, 0.2) is 112 Å². The van der Waals surface area contributed by atoms with Crippen molar-refractivity contribution in [2.24, 2.45) is 5.41 Å². The number of aromatic amines is 1. The van der Waals surface area contributed by atoms with Crippen molar-refractivity contribution in [2.75, 3.05) is 18.4 Å². The minimum absolute atomic E-state index is 0.0401. The van der Waals surface area contributed by atoms with E-state index in [1.165, 1.54) is 6.07 Å². The third-order valence-corrected chi connectivity index (χ3v) is 7.56. The van der Waals surface area contributed by atoms with Gasteiger partial charge in [0.2, 0.25) is 5.56 Å². The van der Waals surface area contributed by atoms with Gasteiger partial charge in [-0.25, -0.2) is 0 Å². The second-order valence-electron chi connectivity index (χ2n) is 10.5. The van der Waals surface area contributed by atoms with E-state index in [2.05, 4.69) is 53.4 Å². The standard InChI is InChI=1S/C33H35N3O3S/c1-33(16-14-24(15-17-33)35-25-8-5-9-26(40)20-25)18-19-34-21-29(37)27-10-12-30(32-28(27)11-13-31(38)36-32)39-22-23-6-3-2-4-7-23/h2-16,20,29,34-35,37,40H,17-19,21-22H2,1H3,(H,36,38)/t29-,33?/m0/s1. The number of ether oxygens (including phenoxy) is 1. The van der Waals surface area contributed by atoms with Crippen LogP contribution in [0.4, 0.5) is 5.69 Å². The first-order valence-corrected chi connectivity index (χ1v) is 14.0. The Hall–Kier alpha value is -3.78. The molecule has 40 heavy (non-hydrogen) atoms. The summed E-state index contributed by atoms with van der Waals surface area (Å²) in [4.78, 5) is 15.9. The monoisotopic (exact) mass is 553 g/mol. The molecule has 206 valence electrons. The number of aliphatic hydroxyl groups is 1. The van der Waals surface area contributed by atoms with Crippen LogP contribution in [0.3, 0.4) is 0 Å². The predicted octanol–water partition coefficient (Wildman–Crippen LogP) is 6.37. The number of fused-ring (bicyclic) bond motifs is 1. The van der Waals surface area contributed by atoms with Gasteiger partial charge < -0.3 is 25.5 Å². The Bertz CT molecular complexity index is 1580. The molecule has 0 fully saturated rings. The van der Waals surface area contributed by atoms with Crippen LogP contribution in [0.2, 0.25) is 0 Å². The number of hydrogen-bond donors (Lipinski definition) is 5. The van der Waals surface area contributed by atoms with Gasteiger partial charge in [-0.15, -0.1) is 12.6 Å². The lowest BCUT2D eigenvalue weighted by atomic mass is 9.80. The summed E-state index contributed by atoms with van der Waals surface area (Å²) in [5.74, 6) is 0.581. The first-order valence-electron chi connectivity index (χ1n) is 13.6. The van der Waals surface area contributed by atoms with Crippen molar-refractivity contribution in [1.29, 1.82) is 0 Å². The van der Waals surface area contributed by atoms with Gasteiger partial charge in [0.05, 0.1) is 11.6 Å². The zero-order chi connectivity index (χ0) is 28.0. The van der Waals surface area contributed by atoms with Gasteiger partial charge in [-0.05, 0) is 72.3 Å². The van der Waals surface area contributed by atoms with E-state index in [1.807, 2.05) is 66.7 Å². The molecule has 0 radical (unpaired) electrons. The third kappa shape index (κ3) is 7.04. The number of thiol groups is 1. The van der Waals surface area contributed by atoms with Gasteiger partial charge in [-0.1, -0.05) is 61.5 Å². The second kappa shape index (κ2) is 12.6. The van der Waals surface area contributed by atoms with E-state index in [0.717, 1.165) is 52.2 Å². The number of pyridine rings is 1. The first-order chi connectivity index (χ1) is 19.4. The summed E-state index contributed by atoms with van der Waals surface area (Å²) in [7, 11) is 0. The van der Waals surface area contributed by atoms with Gasteiger partial charge in [0.25, 0.3) is 0 Å². The molecule has 1 heterocycles. The third-order valence-electron chi connectivity index (χ3n) is 7.29. The topological polar surface area (TPSA) is 86.4 Å².